The molecule has 86 valence electrons. The summed E-state index contributed by atoms with van der Waals surface area (Å²) in [6.07, 6.45) is 0. The lowest BCUT2D eigenvalue weighted by atomic mass is 10.0. The monoisotopic (exact) mass is 248 g/mol. The van der Waals surface area contributed by atoms with Crippen molar-refractivity contribution >= 4 is 23.2 Å². The first-order chi connectivity index (χ1) is 7.07. The molecule has 1 aromatic carbocycles. The van der Waals surface area contributed by atoms with Crippen molar-refractivity contribution in [3.05, 3.63) is 27.7 Å². The predicted octanol–water partition coefficient (Wildman–Crippen LogP) is 5.15. The average molecular weight is 249 g/mol. The Labute approximate surface area is 102 Å². The third-order valence-electron chi connectivity index (χ3n) is 1.88. The summed E-state index contributed by atoms with van der Waals surface area (Å²) in [4.78, 5) is 0. The third kappa shape index (κ3) is 3.58. The molecule has 0 bridgehead atoms. The van der Waals surface area contributed by atoms with E-state index in [0.717, 1.165) is 5.56 Å². The van der Waals surface area contributed by atoms with Gasteiger partial charge in [0, 0.05) is 10.6 Å². The van der Waals surface area contributed by atoms with Crippen molar-refractivity contribution in [1.82, 2.24) is 0 Å². The molecule has 0 spiro atoms. The van der Waals surface area contributed by atoms with Crippen molar-refractivity contribution in [3.8, 4) is 5.75 Å². The number of benzene rings is 1. The van der Waals surface area contributed by atoms with Crippen molar-refractivity contribution in [2.24, 2.45) is 0 Å². The van der Waals surface area contributed by atoms with Crippen molar-refractivity contribution in [2.45, 2.75) is 33.6 Å². The molecule has 0 atom stereocenters. The van der Waals surface area contributed by atoms with E-state index in [4.69, 9.17) is 27.9 Å². The second-order valence-electron chi connectivity index (χ2n) is 3.13. The number of ether oxygens (including phenoxy) is 1. The molecule has 0 radical (unpaired) electrons. The highest BCUT2D eigenvalue weighted by Gasteiger charge is 2.14. The second kappa shape index (κ2) is 6.97. The van der Waals surface area contributed by atoms with Gasteiger partial charge in [-0.25, -0.2) is 0 Å². The molecule has 0 fully saturated rings. The van der Waals surface area contributed by atoms with E-state index >= 15 is 0 Å². The van der Waals surface area contributed by atoms with Gasteiger partial charge in [0.1, 0.15) is 5.75 Å². The van der Waals surface area contributed by atoms with Crippen LogP contribution in [0.5, 0.6) is 5.75 Å². The van der Waals surface area contributed by atoms with E-state index in [-0.39, 0.29) is 0 Å². The summed E-state index contributed by atoms with van der Waals surface area (Å²) in [5.74, 6) is 0.991. The fourth-order valence-electron chi connectivity index (χ4n) is 1.29. The van der Waals surface area contributed by atoms with E-state index in [1.54, 1.807) is 19.2 Å². The van der Waals surface area contributed by atoms with Crippen LogP contribution in [0, 0.1) is 0 Å². The first-order valence-corrected chi connectivity index (χ1v) is 5.85. The second-order valence-corrected chi connectivity index (χ2v) is 3.95. The summed E-state index contributed by atoms with van der Waals surface area (Å²) in [7, 11) is 1.60. The van der Waals surface area contributed by atoms with E-state index in [0.29, 0.717) is 21.7 Å². The molecule has 0 aliphatic rings. The lowest BCUT2D eigenvalue weighted by Gasteiger charge is -2.14. The van der Waals surface area contributed by atoms with Gasteiger partial charge in [-0.1, -0.05) is 50.9 Å². The zero-order valence-corrected chi connectivity index (χ0v) is 11.4. The summed E-state index contributed by atoms with van der Waals surface area (Å²) in [5, 5.41) is 1.31. The SMILES string of the molecule is CC.COc1c(Cl)ccc(Cl)c1C(C)C. The standard InChI is InChI=1S/C10H12Cl2O.C2H6/c1-6(2)9-7(11)4-5-8(12)10(9)13-3;1-2/h4-6H,1-3H3;1-2H3. The highest BCUT2D eigenvalue weighted by molar-refractivity contribution is 6.35. The van der Waals surface area contributed by atoms with Crippen LogP contribution in [-0.2, 0) is 0 Å². The Morgan fingerprint density at radius 3 is 1.87 bits per heavy atom. The van der Waals surface area contributed by atoms with E-state index in [2.05, 4.69) is 13.8 Å². The molecule has 0 aliphatic heterocycles. The molecule has 3 heteroatoms. The van der Waals surface area contributed by atoms with Crippen LogP contribution in [0.4, 0.5) is 0 Å². The Morgan fingerprint density at radius 2 is 1.53 bits per heavy atom. The smallest absolute Gasteiger partial charge is 0.142 e. The van der Waals surface area contributed by atoms with Crippen LogP contribution in [0.25, 0.3) is 0 Å². The molecule has 0 saturated heterocycles. The normalized spacial score (nSPS) is 9.60. The number of halogens is 2. The van der Waals surface area contributed by atoms with Gasteiger partial charge in [0.05, 0.1) is 12.1 Å². The molecule has 15 heavy (non-hydrogen) atoms. The van der Waals surface area contributed by atoms with Gasteiger partial charge in [-0.15, -0.1) is 0 Å². The van der Waals surface area contributed by atoms with Crippen LogP contribution in [0.2, 0.25) is 10.0 Å². The summed E-state index contributed by atoms with van der Waals surface area (Å²) in [6, 6.07) is 3.54. The number of methoxy groups -OCH3 is 1. The summed E-state index contributed by atoms with van der Waals surface area (Å²) in [5.41, 5.74) is 0.969. The minimum atomic E-state index is 0.307. The average Bonchev–Trinajstić information content (AvgIpc) is 2.23. The Bertz CT molecular complexity index is 309. The van der Waals surface area contributed by atoms with Gasteiger partial charge in [0.15, 0.2) is 0 Å². The molecule has 0 amide bonds. The minimum Gasteiger partial charge on any atom is -0.495 e. The van der Waals surface area contributed by atoms with E-state index in [9.17, 15) is 0 Å². The fourth-order valence-corrected chi connectivity index (χ4v) is 1.90. The minimum absolute atomic E-state index is 0.307. The molecule has 1 nitrogen and oxygen atoms in total. The first kappa shape index (κ1) is 14.6. The van der Waals surface area contributed by atoms with Crippen LogP contribution in [0.1, 0.15) is 39.2 Å². The molecule has 0 saturated carbocycles. The van der Waals surface area contributed by atoms with Gasteiger partial charge in [0.25, 0.3) is 0 Å². The van der Waals surface area contributed by atoms with Crippen LogP contribution >= 0.6 is 23.2 Å². The predicted molar refractivity (Wildman–Crippen MR) is 68.5 cm³/mol. The fraction of sp³-hybridized carbons (Fsp3) is 0.500. The molecule has 0 aliphatic carbocycles. The Hall–Kier alpha value is -0.400. The highest BCUT2D eigenvalue weighted by atomic mass is 35.5. The molecule has 1 rings (SSSR count). The van der Waals surface area contributed by atoms with Gasteiger partial charge >= 0.3 is 0 Å². The zero-order chi connectivity index (χ0) is 12.0. The molecule has 0 aromatic heterocycles. The summed E-state index contributed by atoms with van der Waals surface area (Å²) < 4.78 is 5.20. The lowest BCUT2D eigenvalue weighted by Crippen LogP contribution is -1.96. The maximum atomic E-state index is 6.04. The van der Waals surface area contributed by atoms with Crippen molar-refractivity contribution < 1.29 is 4.74 Å². The molecule has 0 heterocycles. The molecule has 0 unspecified atom stereocenters. The highest BCUT2D eigenvalue weighted by Crippen LogP contribution is 2.38. The number of hydrogen-bond acceptors (Lipinski definition) is 1. The summed E-state index contributed by atoms with van der Waals surface area (Å²) >= 11 is 12.0. The van der Waals surface area contributed by atoms with Crippen molar-refractivity contribution in [3.63, 3.8) is 0 Å². The van der Waals surface area contributed by atoms with Crippen LogP contribution in [0.15, 0.2) is 12.1 Å². The molecule has 1 aromatic rings. The molecule has 0 N–H and O–H groups in total. The van der Waals surface area contributed by atoms with E-state index < -0.39 is 0 Å². The van der Waals surface area contributed by atoms with Gasteiger partial charge in [-0.05, 0) is 18.1 Å². The van der Waals surface area contributed by atoms with Crippen LogP contribution < -0.4 is 4.74 Å². The molecular formula is C12H18Cl2O. The lowest BCUT2D eigenvalue weighted by molar-refractivity contribution is 0.408. The maximum absolute atomic E-state index is 6.04. The van der Waals surface area contributed by atoms with Gasteiger partial charge in [-0.2, -0.15) is 0 Å². The third-order valence-corrected chi connectivity index (χ3v) is 2.50. The van der Waals surface area contributed by atoms with Crippen LogP contribution in [-0.4, -0.2) is 7.11 Å². The number of rotatable bonds is 2. The van der Waals surface area contributed by atoms with Crippen LogP contribution in [0.3, 0.4) is 0 Å². The Balaban J connectivity index is 0.000000921. The quantitative estimate of drug-likeness (QED) is 0.704. The Kier molecular flexibility index (Phi) is 6.78. The zero-order valence-electron chi connectivity index (χ0n) is 9.90. The van der Waals surface area contributed by atoms with E-state index in [1.807, 2.05) is 13.8 Å². The van der Waals surface area contributed by atoms with E-state index in [1.165, 1.54) is 0 Å². The van der Waals surface area contributed by atoms with Crippen molar-refractivity contribution in [1.29, 1.82) is 0 Å². The number of hydrogen-bond donors (Lipinski definition) is 0. The van der Waals surface area contributed by atoms with Gasteiger partial charge < -0.3 is 4.74 Å². The topological polar surface area (TPSA) is 9.23 Å². The maximum Gasteiger partial charge on any atom is 0.142 e. The van der Waals surface area contributed by atoms with Gasteiger partial charge in [0.2, 0.25) is 0 Å². The largest absolute Gasteiger partial charge is 0.495 e. The molecular weight excluding hydrogens is 231 g/mol. The van der Waals surface area contributed by atoms with Crippen molar-refractivity contribution in [2.75, 3.05) is 7.11 Å². The first-order valence-electron chi connectivity index (χ1n) is 5.09. The summed E-state index contributed by atoms with van der Waals surface area (Å²) in [6.45, 7) is 8.11. The Morgan fingerprint density at radius 1 is 1.07 bits per heavy atom. The van der Waals surface area contributed by atoms with Gasteiger partial charge in [-0.3, -0.25) is 0 Å².